The molecule has 0 saturated carbocycles. The number of nitrogens with zero attached hydrogens (tertiary/aromatic N) is 2. The average Bonchev–Trinajstić information content (AvgIpc) is 2.74. The molecule has 3 aromatic rings. The van der Waals surface area contributed by atoms with Crippen LogP contribution in [0.25, 0.3) is 11.4 Å². The second kappa shape index (κ2) is 9.45. The van der Waals surface area contributed by atoms with Gasteiger partial charge in [-0.2, -0.15) is 0 Å². The summed E-state index contributed by atoms with van der Waals surface area (Å²) in [4.78, 5) is 30.0. The molecule has 0 aliphatic rings. The van der Waals surface area contributed by atoms with E-state index in [-0.39, 0.29) is 18.0 Å². The lowest BCUT2D eigenvalue weighted by Crippen LogP contribution is -2.30. The SMILES string of the molecule is CCc1cc(=O)n(CC(=O)Nc2ccc(OC)c(OC)c2)c(-c2cccc(Cl)c2)n1. The quantitative estimate of drug-likeness (QED) is 0.620. The highest BCUT2D eigenvalue weighted by Crippen LogP contribution is 2.29. The molecule has 1 amide bonds. The molecule has 1 heterocycles. The molecule has 0 atom stereocenters. The van der Waals surface area contributed by atoms with Crippen molar-refractivity contribution in [3.63, 3.8) is 0 Å². The molecule has 1 aromatic heterocycles. The Bertz CT molecular complexity index is 1130. The Labute approximate surface area is 179 Å². The van der Waals surface area contributed by atoms with Gasteiger partial charge in [-0.25, -0.2) is 4.98 Å². The fourth-order valence-electron chi connectivity index (χ4n) is 2.99. The summed E-state index contributed by atoms with van der Waals surface area (Å²) in [5, 5.41) is 3.29. The third kappa shape index (κ3) is 4.80. The van der Waals surface area contributed by atoms with Crippen molar-refractivity contribution in [3.05, 3.63) is 69.6 Å². The highest BCUT2D eigenvalue weighted by atomic mass is 35.5. The van der Waals surface area contributed by atoms with Gasteiger partial charge in [-0.15, -0.1) is 0 Å². The van der Waals surface area contributed by atoms with E-state index in [0.717, 1.165) is 0 Å². The van der Waals surface area contributed by atoms with Crippen molar-refractivity contribution in [2.75, 3.05) is 19.5 Å². The first-order chi connectivity index (χ1) is 14.4. The summed E-state index contributed by atoms with van der Waals surface area (Å²) in [6, 6.07) is 13.5. The van der Waals surface area contributed by atoms with Crippen molar-refractivity contribution in [2.24, 2.45) is 0 Å². The predicted molar refractivity (Wildman–Crippen MR) is 116 cm³/mol. The van der Waals surface area contributed by atoms with Crippen molar-refractivity contribution >= 4 is 23.2 Å². The van der Waals surface area contributed by atoms with Gasteiger partial charge in [0.2, 0.25) is 5.91 Å². The maximum absolute atomic E-state index is 12.7. The van der Waals surface area contributed by atoms with Crippen molar-refractivity contribution in [3.8, 4) is 22.9 Å². The number of carbonyl (C=O) groups is 1. The summed E-state index contributed by atoms with van der Waals surface area (Å²) in [5.74, 6) is 1.05. The highest BCUT2D eigenvalue weighted by Gasteiger charge is 2.15. The average molecular weight is 428 g/mol. The Morgan fingerprint density at radius 1 is 1.10 bits per heavy atom. The molecule has 7 nitrogen and oxygen atoms in total. The highest BCUT2D eigenvalue weighted by molar-refractivity contribution is 6.30. The lowest BCUT2D eigenvalue weighted by Gasteiger charge is -2.14. The summed E-state index contributed by atoms with van der Waals surface area (Å²) >= 11 is 6.11. The molecule has 0 aliphatic heterocycles. The fraction of sp³-hybridized carbons (Fsp3) is 0.227. The fourth-order valence-corrected chi connectivity index (χ4v) is 3.18. The molecule has 0 fully saturated rings. The maximum Gasteiger partial charge on any atom is 0.254 e. The van der Waals surface area contributed by atoms with Crippen LogP contribution in [-0.2, 0) is 17.8 Å². The first-order valence-corrected chi connectivity index (χ1v) is 9.71. The second-order valence-electron chi connectivity index (χ2n) is 6.48. The number of benzene rings is 2. The lowest BCUT2D eigenvalue weighted by atomic mass is 10.2. The van der Waals surface area contributed by atoms with E-state index < -0.39 is 0 Å². The third-order valence-electron chi connectivity index (χ3n) is 4.48. The van der Waals surface area contributed by atoms with E-state index in [9.17, 15) is 9.59 Å². The normalized spacial score (nSPS) is 10.5. The molecule has 0 radical (unpaired) electrons. The number of carbonyl (C=O) groups excluding carboxylic acids is 1. The standard InChI is InChI=1S/C22H22ClN3O4/c1-4-16-12-21(28)26(22(25-16)14-6-5-7-15(23)10-14)13-20(27)24-17-8-9-18(29-2)19(11-17)30-3/h5-12H,4,13H2,1-3H3,(H,24,27). The van der Waals surface area contributed by atoms with E-state index >= 15 is 0 Å². The minimum atomic E-state index is -0.376. The Hall–Kier alpha value is -3.32. The molecule has 2 aromatic carbocycles. The number of anilines is 1. The summed E-state index contributed by atoms with van der Waals surface area (Å²) in [6.07, 6.45) is 0.599. The lowest BCUT2D eigenvalue weighted by molar-refractivity contribution is -0.116. The molecular formula is C22H22ClN3O4. The Morgan fingerprint density at radius 2 is 1.87 bits per heavy atom. The number of nitrogens with one attached hydrogen (secondary N) is 1. The van der Waals surface area contributed by atoms with Crippen LogP contribution in [-0.4, -0.2) is 29.7 Å². The zero-order valence-electron chi connectivity index (χ0n) is 16.9. The van der Waals surface area contributed by atoms with Crippen LogP contribution >= 0.6 is 11.6 Å². The van der Waals surface area contributed by atoms with Gasteiger partial charge >= 0.3 is 0 Å². The van der Waals surface area contributed by atoms with E-state index in [0.29, 0.717) is 45.7 Å². The van der Waals surface area contributed by atoms with Gasteiger partial charge in [0.15, 0.2) is 11.5 Å². The number of methoxy groups -OCH3 is 2. The summed E-state index contributed by atoms with van der Waals surface area (Å²) in [6.45, 7) is 1.71. The molecule has 156 valence electrons. The van der Waals surface area contributed by atoms with Crippen LogP contribution in [0.15, 0.2) is 53.3 Å². The Morgan fingerprint density at radius 3 is 2.53 bits per heavy atom. The van der Waals surface area contributed by atoms with Gasteiger partial charge in [-0.05, 0) is 30.7 Å². The van der Waals surface area contributed by atoms with Crippen molar-refractivity contribution in [1.29, 1.82) is 0 Å². The zero-order valence-corrected chi connectivity index (χ0v) is 17.7. The zero-order chi connectivity index (χ0) is 21.7. The van der Waals surface area contributed by atoms with Crippen molar-refractivity contribution in [2.45, 2.75) is 19.9 Å². The van der Waals surface area contributed by atoms with E-state index in [2.05, 4.69) is 10.3 Å². The monoisotopic (exact) mass is 427 g/mol. The number of ether oxygens (including phenoxy) is 2. The maximum atomic E-state index is 12.7. The van der Waals surface area contributed by atoms with Crippen LogP contribution in [0, 0.1) is 0 Å². The van der Waals surface area contributed by atoms with Gasteiger partial charge < -0.3 is 14.8 Å². The molecule has 0 bridgehead atoms. The van der Waals surface area contributed by atoms with E-state index in [1.165, 1.54) is 24.9 Å². The summed E-state index contributed by atoms with van der Waals surface area (Å²) in [5.41, 5.74) is 1.52. The number of hydrogen-bond donors (Lipinski definition) is 1. The number of hydrogen-bond acceptors (Lipinski definition) is 5. The number of halogens is 1. The number of aromatic nitrogens is 2. The first-order valence-electron chi connectivity index (χ1n) is 9.33. The Kier molecular flexibility index (Phi) is 6.74. The molecule has 0 aliphatic carbocycles. The first kappa shape index (κ1) is 21.4. The number of amides is 1. The van der Waals surface area contributed by atoms with Gasteiger partial charge in [0.05, 0.1) is 14.2 Å². The molecule has 0 unspecified atom stereocenters. The van der Waals surface area contributed by atoms with Gasteiger partial charge in [0.1, 0.15) is 12.4 Å². The van der Waals surface area contributed by atoms with E-state index in [1.54, 1.807) is 42.5 Å². The van der Waals surface area contributed by atoms with Crippen LogP contribution < -0.4 is 20.3 Å². The van der Waals surface area contributed by atoms with Gasteiger partial charge in [0, 0.05) is 34.1 Å². The van der Waals surface area contributed by atoms with Crippen molar-refractivity contribution < 1.29 is 14.3 Å². The van der Waals surface area contributed by atoms with E-state index in [1.807, 2.05) is 6.92 Å². The molecule has 30 heavy (non-hydrogen) atoms. The molecule has 3 rings (SSSR count). The second-order valence-corrected chi connectivity index (χ2v) is 6.91. The van der Waals surface area contributed by atoms with Gasteiger partial charge in [-0.1, -0.05) is 30.7 Å². The van der Waals surface area contributed by atoms with Gasteiger partial charge in [0.25, 0.3) is 5.56 Å². The Balaban J connectivity index is 1.92. The minimum absolute atomic E-state index is 0.202. The number of aryl methyl sites for hydroxylation is 1. The molecular weight excluding hydrogens is 406 g/mol. The third-order valence-corrected chi connectivity index (χ3v) is 4.71. The van der Waals surface area contributed by atoms with Crippen LogP contribution in [0.5, 0.6) is 11.5 Å². The van der Waals surface area contributed by atoms with Crippen LogP contribution in [0.1, 0.15) is 12.6 Å². The largest absolute Gasteiger partial charge is 0.493 e. The molecule has 8 heteroatoms. The molecule has 0 saturated heterocycles. The summed E-state index contributed by atoms with van der Waals surface area (Å²) < 4.78 is 11.8. The topological polar surface area (TPSA) is 82.5 Å². The summed E-state index contributed by atoms with van der Waals surface area (Å²) in [7, 11) is 3.05. The smallest absolute Gasteiger partial charge is 0.254 e. The molecule has 0 spiro atoms. The minimum Gasteiger partial charge on any atom is -0.493 e. The predicted octanol–water partition coefficient (Wildman–Crippen LogP) is 3.78. The van der Waals surface area contributed by atoms with Gasteiger partial charge in [-0.3, -0.25) is 14.2 Å². The molecule has 1 N–H and O–H groups in total. The van der Waals surface area contributed by atoms with Crippen LogP contribution in [0.2, 0.25) is 5.02 Å². The van der Waals surface area contributed by atoms with Crippen LogP contribution in [0.3, 0.4) is 0 Å². The van der Waals surface area contributed by atoms with Crippen molar-refractivity contribution in [1.82, 2.24) is 9.55 Å². The number of rotatable bonds is 7. The van der Waals surface area contributed by atoms with E-state index in [4.69, 9.17) is 21.1 Å². The van der Waals surface area contributed by atoms with Crippen LogP contribution in [0.4, 0.5) is 5.69 Å².